The maximum atomic E-state index is 12.7. The van der Waals surface area contributed by atoms with Crippen LogP contribution in [0.3, 0.4) is 0 Å². The van der Waals surface area contributed by atoms with Crippen LogP contribution in [0, 0.1) is 0 Å². The summed E-state index contributed by atoms with van der Waals surface area (Å²) in [6, 6.07) is 23.2. The van der Waals surface area contributed by atoms with Crippen molar-refractivity contribution in [2.45, 2.75) is 0 Å². The van der Waals surface area contributed by atoms with Crippen molar-refractivity contribution in [2.75, 3.05) is 14.2 Å². The summed E-state index contributed by atoms with van der Waals surface area (Å²) in [6.45, 7) is 0. The molecule has 1 fully saturated rings. The summed E-state index contributed by atoms with van der Waals surface area (Å²) < 4.78 is 5.32. The number of likely N-dealkylation sites (N-methyl/N-ethyl adjacent to an activating group) is 1. The zero-order chi connectivity index (χ0) is 21.1. The number of amides is 1. The van der Waals surface area contributed by atoms with E-state index in [0.717, 1.165) is 28.1 Å². The van der Waals surface area contributed by atoms with Crippen LogP contribution in [0.5, 0.6) is 5.75 Å². The first kappa shape index (κ1) is 20.3. The molecule has 0 aromatic heterocycles. The summed E-state index contributed by atoms with van der Waals surface area (Å²) in [4.78, 5) is 19.5. The fourth-order valence-corrected chi connectivity index (χ4v) is 4.15. The summed E-state index contributed by atoms with van der Waals surface area (Å²) in [5.74, 6) is 0.738. The highest BCUT2D eigenvalue weighted by atomic mass is 35.5. The third-order valence-corrected chi connectivity index (χ3v) is 5.95. The van der Waals surface area contributed by atoms with E-state index < -0.39 is 0 Å². The number of amidine groups is 1. The molecular weight excluding hydrogens is 416 g/mol. The maximum Gasteiger partial charge on any atom is 0.266 e. The molecule has 1 heterocycles. The van der Waals surface area contributed by atoms with E-state index in [1.165, 1.54) is 11.8 Å². The SMILES string of the molecule is COc1cccc(-c2cccc(/C=C3\SC(=Nc4ccc(Cl)cc4)N(C)C3=O)c2)c1. The lowest BCUT2D eigenvalue weighted by Crippen LogP contribution is -2.23. The summed E-state index contributed by atoms with van der Waals surface area (Å²) in [5.41, 5.74) is 3.82. The highest BCUT2D eigenvalue weighted by molar-refractivity contribution is 8.18. The summed E-state index contributed by atoms with van der Waals surface area (Å²) in [7, 11) is 3.39. The lowest BCUT2D eigenvalue weighted by Gasteiger charge is -2.07. The number of thioether (sulfide) groups is 1. The molecule has 3 aromatic rings. The molecule has 6 heteroatoms. The number of benzene rings is 3. The molecule has 0 unspecified atom stereocenters. The quantitative estimate of drug-likeness (QED) is 0.456. The van der Waals surface area contributed by atoms with Gasteiger partial charge in [-0.15, -0.1) is 0 Å². The van der Waals surface area contributed by atoms with E-state index in [4.69, 9.17) is 16.3 Å². The number of ether oxygens (including phenoxy) is 1. The van der Waals surface area contributed by atoms with Gasteiger partial charge in [0.1, 0.15) is 5.75 Å². The van der Waals surface area contributed by atoms with Gasteiger partial charge < -0.3 is 4.74 Å². The van der Waals surface area contributed by atoms with Crippen LogP contribution in [0.25, 0.3) is 17.2 Å². The van der Waals surface area contributed by atoms with Gasteiger partial charge in [0.2, 0.25) is 0 Å². The van der Waals surface area contributed by atoms with Crippen LogP contribution in [-0.2, 0) is 4.79 Å². The summed E-state index contributed by atoms with van der Waals surface area (Å²) >= 11 is 7.30. The molecule has 1 saturated heterocycles. The molecule has 0 saturated carbocycles. The molecule has 30 heavy (non-hydrogen) atoms. The first-order valence-electron chi connectivity index (χ1n) is 9.30. The molecule has 0 aliphatic carbocycles. The Bertz CT molecular complexity index is 1160. The van der Waals surface area contributed by atoms with Crippen molar-refractivity contribution in [3.63, 3.8) is 0 Å². The molecule has 0 spiro atoms. The van der Waals surface area contributed by atoms with Gasteiger partial charge in [0.05, 0.1) is 17.7 Å². The van der Waals surface area contributed by atoms with Crippen molar-refractivity contribution in [1.82, 2.24) is 4.90 Å². The number of carbonyl (C=O) groups excluding carboxylic acids is 1. The first-order valence-corrected chi connectivity index (χ1v) is 10.5. The van der Waals surface area contributed by atoms with Crippen LogP contribution < -0.4 is 4.74 Å². The van der Waals surface area contributed by atoms with Crippen LogP contribution in [-0.4, -0.2) is 30.1 Å². The second-order valence-corrected chi connectivity index (χ2v) is 8.15. The molecule has 1 aliphatic rings. The van der Waals surface area contributed by atoms with Crippen molar-refractivity contribution < 1.29 is 9.53 Å². The minimum atomic E-state index is -0.0699. The fraction of sp³-hybridized carbons (Fsp3) is 0.0833. The second-order valence-electron chi connectivity index (χ2n) is 6.70. The Morgan fingerprint density at radius 1 is 1.00 bits per heavy atom. The van der Waals surface area contributed by atoms with Crippen LogP contribution in [0.15, 0.2) is 82.7 Å². The Morgan fingerprint density at radius 2 is 1.70 bits per heavy atom. The first-order chi connectivity index (χ1) is 14.5. The minimum Gasteiger partial charge on any atom is -0.497 e. The van der Waals surface area contributed by atoms with E-state index >= 15 is 0 Å². The molecule has 0 atom stereocenters. The zero-order valence-electron chi connectivity index (χ0n) is 16.5. The number of halogens is 1. The molecular formula is C24H19ClN2O2S. The Kier molecular flexibility index (Phi) is 5.93. The average Bonchev–Trinajstić information content (AvgIpc) is 3.03. The predicted octanol–water partition coefficient (Wildman–Crippen LogP) is 6.25. The normalized spacial score (nSPS) is 16.5. The number of hydrogen-bond donors (Lipinski definition) is 0. The number of hydrogen-bond acceptors (Lipinski definition) is 4. The van der Waals surface area contributed by atoms with Gasteiger partial charge in [0.25, 0.3) is 5.91 Å². The molecule has 3 aromatic carbocycles. The molecule has 150 valence electrons. The number of rotatable bonds is 4. The Balaban J connectivity index is 1.61. The summed E-state index contributed by atoms with van der Waals surface area (Å²) in [6.07, 6.45) is 1.90. The van der Waals surface area contributed by atoms with E-state index in [-0.39, 0.29) is 5.91 Å². The smallest absolute Gasteiger partial charge is 0.266 e. The molecule has 0 bridgehead atoms. The largest absolute Gasteiger partial charge is 0.497 e. The van der Waals surface area contributed by atoms with E-state index in [1.807, 2.05) is 60.7 Å². The Morgan fingerprint density at radius 3 is 2.43 bits per heavy atom. The molecule has 0 radical (unpaired) electrons. The van der Waals surface area contributed by atoms with Crippen molar-refractivity contribution in [2.24, 2.45) is 4.99 Å². The Labute approximate surface area is 184 Å². The van der Waals surface area contributed by atoms with Crippen molar-refractivity contribution in [3.8, 4) is 16.9 Å². The minimum absolute atomic E-state index is 0.0699. The van der Waals surface area contributed by atoms with Gasteiger partial charge in [0, 0.05) is 12.1 Å². The van der Waals surface area contributed by atoms with E-state index in [2.05, 4.69) is 11.1 Å². The van der Waals surface area contributed by atoms with Gasteiger partial charge in [-0.3, -0.25) is 9.69 Å². The van der Waals surface area contributed by atoms with E-state index in [9.17, 15) is 4.79 Å². The van der Waals surface area contributed by atoms with Gasteiger partial charge in [-0.1, -0.05) is 41.9 Å². The number of nitrogens with zero attached hydrogens (tertiary/aromatic N) is 2. The molecule has 1 aliphatic heterocycles. The fourth-order valence-electron chi connectivity index (χ4n) is 3.04. The zero-order valence-corrected chi connectivity index (χ0v) is 18.1. The third-order valence-electron chi connectivity index (χ3n) is 4.64. The topological polar surface area (TPSA) is 41.9 Å². The van der Waals surface area contributed by atoms with Gasteiger partial charge in [-0.2, -0.15) is 0 Å². The molecule has 0 N–H and O–H groups in total. The monoisotopic (exact) mass is 434 g/mol. The average molecular weight is 435 g/mol. The van der Waals surface area contributed by atoms with Gasteiger partial charge >= 0.3 is 0 Å². The lowest BCUT2D eigenvalue weighted by molar-refractivity contribution is -0.121. The Hall–Kier alpha value is -3.02. The van der Waals surface area contributed by atoms with Crippen molar-refractivity contribution >= 4 is 46.2 Å². The van der Waals surface area contributed by atoms with Crippen LogP contribution >= 0.6 is 23.4 Å². The van der Waals surface area contributed by atoms with Crippen molar-refractivity contribution in [1.29, 1.82) is 0 Å². The number of methoxy groups -OCH3 is 1. The highest BCUT2D eigenvalue weighted by Crippen LogP contribution is 2.34. The molecule has 4 rings (SSSR count). The standard InChI is InChI=1S/C24H19ClN2O2S/c1-27-23(28)22(30-24(27)26-20-11-9-19(25)10-12-20)14-16-5-3-6-17(13-16)18-7-4-8-21(15-18)29-2/h3-15H,1-2H3/b22-14-,26-24?. The van der Waals surface area contributed by atoms with Crippen LogP contribution in [0.4, 0.5) is 5.69 Å². The van der Waals surface area contributed by atoms with E-state index in [1.54, 1.807) is 31.2 Å². The molecule has 4 nitrogen and oxygen atoms in total. The predicted molar refractivity (Wildman–Crippen MR) is 125 cm³/mol. The second kappa shape index (κ2) is 8.78. The van der Waals surface area contributed by atoms with Gasteiger partial charge in [-0.05, 0) is 77.0 Å². The van der Waals surface area contributed by atoms with E-state index in [0.29, 0.717) is 15.1 Å². The number of aliphatic imine (C=N–C) groups is 1. The highest BCUT2D eigenvalue weighted by Gasteiger charge is 2.30. The lowest BCUT2D eigenvalue weighted by atomic mass is 10.0. The van der Waals surface area contributed by atoms with Gasteiger partial charge in [0.15, 0.2) is 5.17 Å². The summed E-state index contributed by atoms with van der Waals surface area (Å²) in [5, 5.41) is 1.29. The van der Waals surface area contributed by atoms with Crippen LogP contribution in [0.1, 0.15) is 5.56 Å². The maximum absolute atomic E-state index is 12.7. The van der Waals surface area contributed by atoms with Gasteiger partial charge in [-0.25, -0.2) is 4.99 Å². The van der Waals surface area contributed by atoms with Crippen molar-refractivity contribution in [3.05, 3.63) is 88.3 Å². The third kappa shape index (κ3) is 4.42. The van der Waals surface area contributed by atoms with Crippen LogP contribution in [0.2, 0.25) is 5.02 Å². The number of carbonyl (C=O) groups is 1. The molecule has 1 amide bonds.